The van der Waals surface area contributed by atoms with E-state index in [0.717, 1.165) is 23.6 Å². The fraction of sp³-hybridized carbons (Fsp3) is 0.500. The molecule has 1 aliphatic heterocycles. The van der Waals surface area contributed by atoms with Gasteiger partial charge >= 0.3 is 0 Å². The predicted octanol–water partition coefficient (Wildman–Crippen LogP) is 2.01. The Bertz CT molecular complexity index is 417. The van der Waals surface area contributed by atoms with Crippen molar-refractivity contribution < 1.29 is 0 Å². The van der Waals surface area contributed by atoms with Gasteiger partial charge in [-0.2, -0.15) is 0 Å². The SMILES string of the molecule is Cc1ccc(C(N)=S)c(N2CCCC2C)n1. The summed E-state index contributed by atoms with van der Waals surface area (Å²) in [5.41, 5.74) is 7.65. The molecule has 1 saturated heterocycles. The van der Waals surface area contributed by atoms with Crippen LogP contribution in [0.15, 0.2) is 12.1 Å². The first-order valence-corrected chi connectivity index (χ1v) is 6.04. The van der Waals surface area contributed by atoms with Gasteiger partial charge < -0.3 is 10.6 Å². The number of aromatic nitrogens is 1. The van der Waals surface area contributed by atoms with Crippen molar-refractivity contribution in [1.82, 2.24) is 4.98 Å². The Morgan fingerprint density at radius 1 is 1.56 bits per heavy atom. The van der Waals surface area contributed by atoms with Crippen molar-refractivity contribution in [2.45, 2.75) is 32.7 Å². The van der Waals surface area contributed by atoms with E-state index in [0.29, 0.717) is 11.0 Å². The molecule has 1 aromatic heterocycles. The van der Waals surface area contributed by atoms with Crippen molar-refractivity contribution in [3.8, 4) is 0 Å². The molecule has 0 saturated carbocycles. The molecule has 16 heavy (non-hydrogen) atoms. The van der Waals surface area contributed by atoms with Crippen LogP contribution in [0.5, 0.6) is 0 Å². The first-order chi connectivity index (χ1) is 7.59. The minimum absolute atomic E-state index is 0.432. The molecule has 1 atom stereocenters. The van der Waals surface area contributed by atoms with Crippen LogP contribution in [0.1, 0.15) is 31.0 Å². The molecular formula is C12H17N3S. The highest BCUT2D eigenvalue weighted by Crippen LogP contribution is 2.26. The number of rotatable bonds is 2. The summed E-state index contributed by atoms with van der Waals surface area (Å²) in [6.07, 6.45) is 2.43. The molecule has 1 fully saturated rings. The molecule has 2 rings (SSSR count). The summed E-state index contributed by atoms with van der Waals surface area (Å²) in [5, 5.41) is 0. The molecule has 0 radical (unpaired) electrons. The Labute approximate surface area is 102 Å². The molecule has 0 amide bonds. The van der Waals surface area contributed by atoms with Gasteiger partial charge in [0.25, 0.3) is 0 Å². The van der Waals surface area contributed by atoms with Gasteiger partial charge in [-0.25, -0.2) is 4.98 Å². The fourth-order valence-corrected chi connectivity index (χ4v) is 2.36. The Kier molecular flexibility index (Phi) is 3.10. The lowest BCUT2D eigenvalue weighted by Gasteiger charge is -2.25. The van der Waals surface area contributed by atoms with E-state index >= 15 is 0 Å². The van der Waals surface area contributed by atoms with Gasteiger partial charge in [0.05, 0.1) is 5.56 Å². The number of hydrogen-bond acceptors (Lipinski definition) is 3. The molecule has 0 spiro atoms. The van der Waals surface area contributed by atoms with Gasteiger partial charge in [0, 0.05) is 18.3 Å². The van der Waals surface area contributed by atoms with Crippen LogP contribution in [0.2, 0.25) is 0 Å². The molecule has 0 aromatic carbocycles. The molecule has 0 bridgehead atoms. The molecule has 2 N–H and O–H groups in total. The number of hydrogen-bond donors (Lipinski definition) is 1. The topological polar surface area (TPSA) is 42.1 Å². The number of nitrogens with two attached hydrogens (primary N) is 1. The Morgan fingerprint density at radius 2 is 2.31 bits per heavy atom. The molecular weight excluding hydrogens is 218 g/mol. The third-order valence-electron chi connectivity index (χ3n) is 3.10. The first-order valence-electron chi connectivity index (χ1n) is 5.63. The van der Waals surface area contributed by atoms with Gasteiger partial charge in [0.1, 0.15) is 10.8 Å². The largest absolute Gasteiger partial charge is 0.389 e. The van der Waals surface area contributed by atoms with E-state index in [-0.39, 0.29) is 0 Å². The minimum Gasteiger partial charge on any atom is -0.389 e. The van der Waals surface area contributed by atoms with Crippen LogP contribution in [0.3, 0.4) is 0 Å². The summed E-state index contributed by atoms with van der Waals surface area (Å²) in [4.78, 5) is 7.32. The van der Waals surface area contributed by atoms with E-state index < -0.39 is 0 Å². The molecule has 86 valence electrons. The number of pyridine rings is 1. The molecule has 3 nitrogen and oxygen atoms in total. The summed E-state index contributed by atoms with van der Waals surface area (Å²) >= 11 is 5.08. The quantitative estimate of drug-likeness (QED) is 0.796. The van der Waals surface area contributed by atoms with E-state index in [1.807, 2.05) is 19.1 Å². The Balaban J connectivity index is 2.44. The van der Waals surface area contributed by atoms with E-state index in [1.54, 1.807) is 0 Å². The van der Waals surface area contributed by atoms with Crippen LogP contribution in [-0.2, 0) is 0 Å². The molecule has 1 aromatic rings. The van der Waals surface area contributed by atoms with Gasteiger partial charge in [0.15, 0.2) is 0 Å². The Hall–Kier alpha value is -1.16. The lowest BCUT2D eigenvalue weighted by molar-refractivity contribution is 0.725. The van der Waals surface area contributed by atoms with Crippen LogP contribution in [0, 0.1) is 6.92 Å². The van der Waals surface area contributed by atoms with Crippen molar-refractivity contribution in [3.05, 3.63) is 23.4 Å². The van der Waals surface area contributed by atoms with E-state index in [1.165, 1.54) is 12.8 Å². The maximum atomic E-state index is 5.74. The highest BCUT2D eigenvalue weighted by molar-refractivity contribution is 7.80. The van der Waals surface area contributed by atoms with Crippen molar-refractivity contribution in [2.75, 3.05) is 11.4 Å². The summed E-state index contributed by atoms with van der Waals surface area (Å²) in [6, 6.07) is 4.46. The van der Waals surface area contributed by atoms with Crippen molar-refractivity contribution in [2.24, 2.45) is 5.73 Å². The van der Waals surface area contributed by atoms with Crippen LogP contribution in [0.4, 0.5) is 5.82 Å². The van der Waals surface area contributed by atoms with Gasteiger partial charge in [-0.3, -0.25) is 0 Å². The van der Waals surface area contributed by atoms with Gasteiger partial charge in [-0.15, -0.1) is 0 Å². The van der Waals surface area contributed by atoms with E-state index in [4.69, 9.17) is 18.0 Å². The second kappa shape index (κ2) is 4.37. The average Bonchev–Trinajstić information content (AvgIpc) is 2.63. The predicted molar refractivity (Wildman–Crippen MR) is 70.9 cm³/mol. The van der Waals surface area contributed by atoms with Crippen LogP contribution in [-0.4, -0.2) is 22.6 Å². The second-order valence-electron chi connectivity index (χ2n) is 4.37. The third-order valence-corrected chi connectivity index (χ3v) is 3.32. The summed E-state index contributed by atoms with van der Waals surface area (Å²) in [6.45, 7) is 5.27. The first kappa shape index (κ1) is 11.3. The van der Waals surface area contributed by atoms with E-state index in [2.05, 4.69) is 16.8 Å². The van der Waals surface area contributed by atoms with Crippen molar-refractivity contribution in [3.63, 3.8) is 0 Å². The molecule has 1 unspecified atom stereocenters. The summed E-state index contributed by atoms with van der Waals surface area (Å²) in [5.74, 6) is 0.956. The normalized spacial score (nSPS) is 20.1. The van der Waals surface area contributed by atoms with Gasteiger partial charge in [-0.1, -0.05) is 12.2 Å². The van der Waals surface area contributed by atoms with Crippen molar-refractivity contribution >= 4 is 23.0 Å². The lowest BCUT2D eigenvalue weighted by atomic mass is 10.2. The summed E-state index contributed by atoms with van der Waals surface area (Å²) < 4.78 is 0. The maximum absolute atomic E-state index is 5.74. The van der Waals surface area contributed by atoms with E-state index in [9.17, 15) is 0 Å². The third kappa shape index (κ3) is 2.02. The minimum atomic E-state index is 0.432. The number of nitrogens with zero attached hydrogens (tertiary/aromatic N) is 2. The summed E-state index contributed by atoms with van der Waals surface area (Å²) in [7, 11) is 0. The standard InChI is InChI=1S/C12H17N3S/c1-8-5-6-10(11(13)16)12(14-8)15-7-3-4-9(15)2/h5-6,9H,3-4,7H2,1-2H3,(H2,13,16). The van der Waals surface area contributed by atoms with Crippen LogP contribution in [0.25, 0.3) is 0 Å². The van der Waals surface area contributed by atoms with Crippen LogP contribution >= 0.6 is 12.2 Å². The Morgan fingerprint density at radius 3 is 2.88 bits per heavy atom. The molecule has 4 heteroatoms. The zero-order valence-electron chi connectivity index (χ0n) is 9.73. The highest BCUT2D eigenvalue weighted by Gasteiger charge is 2.24. The monoisotopic (exact) mass is 235 g/mol. The number of anilines is 1. The van der Waals surface area contributed by atoms with Crippen molar-refractivity contribution in [1.29, 1.82) is 0 Å². The van der Waals surface area contributed by atoms with Gasteiger partial charge in [-0.05, 0) is 38.8 Å². The van der Waals surface area contributed by atoms with Crippen LogP contribution < -0.4 is 10.6 Å². The highest BCUT2D eigenvalue weighted by atomic mass is 32.1. The molecule has 2 heterocycles. The molecule has 0 aliphatic carbocycles. The molecule has 1 aliphatic rings. The average molecular weight is 235 g/mol. The lowest BCUT2D eigenvalue weighted by Crippen LogP contribution is -2.30. The zero-order chi connectivity index (χ0) is 11.7. The maximum Gasteiger partial charge on any atom is 0.139 e. The number of thiocarbonyl (C=S) groups is 1. The number of aryl methyl sites for hydroxylation is 1. The second-order valence-corrected chi connectivity index (χ2v) is 4.81. The smallest absolute Gasteiger partial charge is 0.139 e. The zero-order valence-corrected chi connectivity index (χ0v) is 10.5. The fourth-order valence-electron chi connectivity index (χ4n) is 2.20. The van der Waals surface area contributed by atoms with Gasteiger partial charge in [0.2, 0.25) is 0 Å².